The number of aryl methyl sites for hydroxylation is 1. The van der Waals surface area contributed by atoms with Crippen molar-refractivity contribution >= 4 is 17.1 Å². The number of anilines is 1. The van der Waals surface area contributed by atoms with E-state index in [1.165, 1.54) is 6.20 Å². The standard InChI is InChI=1S/C17H21N7O.C2H6/c1-23-9-12(7-20-23)11-6-15-16(22-13-2-4-19-5-3-13)14(17(18)25)8-21-24(15)10-11;1-2/h6-10,13,19,22H,2-5H2,1H3,(H2,18,25);1-2H3. The van der Waals surface area contributed by atoms with Crippen LogP contribution in [0.25, 0.3) is 16.6 Å². The molecule has 1 aliphatic heterocycles. The van der Waals surface area contributed by atoms with Crippen LogP contribution >= 0.6 is 0 Å². The minimum atomic E-state index is -0.476. The first-order valence-corrected chi connectivity index (χ1v) is 9.39. The van der Waals surface area contributed by atoms with Crippen LogP contribution in [0.1, 0.15) is 37.0 Å². The number of fused-ring (bicyclic) bond motifs is 1. The number of amides is 1. The van der Waals surface area contributed by atoms with Crippen LogP contribution in [0.15, 0.2) is 30.9 Å². The Morgan fingerprint density at radius 3 is 2.56 bits per heavy atom. The van der Waals surface area contributed by atoms with E-state index in [-0.39, 0.29) is 0 Å². The summed E-state index contributed by atoms with van der Waals surface area (Å²) in [5, 5.41) is 15.4. The molecular formula is C19H27N7O. The van der Waals surface area contributed by atoms with Crippen molar-refractivity contribution in [3.8, 4) is 11.1 Å². The van der Waals surface area contributed by atoms with E-state index in [0.29, 0.717) is 11.6 Å². The summed E-state index contributed by atoms with van der Waals surface area (Å²) in [4.78, 5) is 11.9. The normalized spacial score (nSPS) is 14.6. The highest BCUT2D eigenvalue weighted by Gasteiger charge is 2.20. The highest BCUT2D eigenvalue weighted by atomic mass is 16.1. The predicted octanol–water partition coefficient (Wildman–Crippen LogP) is 2.02. The number of primary amides is 1. The fraction of sp³-hybridized carbons (Fsp3) is 0.421. The van der Waals surface area contributed by atoms with Crippen molar-refractivity contribution in [3.05, 3.63) is 36.4 Å². The zero-order valence-electron chi connectivity index (χ0n) is 16.1. The first-order valence-electron chi connectivity index (χ1n) is 9.39. The molecule has 1 saturated heterocycles. The van der Waals surface area contributed by atoms with Crippen LogP contribution in [0.2, 0.25) is 0 Å². The van der Waals surface area contributed by atoms with E-state index in [1.54, 1.807) is 9.20 Å². The van der Waals surface area contributed by atoms with Gasteiger partial charge in [-0.05, 0) is 32.0 Å². The molecule has 4 heterocycles. The van der Waals surface area contributed by atoms with Crippen molar-refractivity contribution < 1.29 is 4.79 Å². The lowest BCUT2D eigenvalue weighted by molar-refractivity contribution is 0.100. The molecule has 8 nitrogen and oxygen atoms in total. The highest BCUT2D eigenvalue weighted by Crippen LogP contribution is 2.29. The van der Waals surface area contributed by atoms with E-state index in [0.717, 1.165) is 48.3 Å². The molecular weight excluding hydrogens is 342 g/mol. The number of piperidine rings is 1. The Balaban J connectivity index is 0.00000102. The maximum Gasteiger partial charge on any atom is 0.252 e. The van der Waals surface area contributed by atoms with E-state index < -0.39 is 5.91 Å². The summed E-state index contributed by atoms with van der Waals surface area (Å²) in [6, 6.07) is 2.32. The van der Waals surface area contributed by atoms with Gasteiger partial charge in [-0.15, -0.1) is 0 Å². The van der Waals surface area contributed by atoms with Crippen LogP contribution in [0.4, 0.5) is 5.69 Å². The second-order valence-corrected chi connectivity index (χ2v) is 6.43. The zero-order valence-corrected chi connectivity index (χ0v) is 16.1. The third-order valence-electron chi connectivity index (χ3n) is 4.63. The van der Waals surface area contributed by atoms with Gasteiger partial charge in [-0.3, -0.25) is 9.48 Å². The van der Waals surface area contributed by atoms with E-state index >= 15 is 0 Å². The molecule has 4 N–H and O–H groups in total. The zero-order chi connectivity index (χ0) is 19.4. The van der Waals surface area contributed by atoms with E-state index in [4.69, 9.17) is 5.73 Å². The van der Waals surface area contributed by atoms with Gasteiger partial charge in [0.25, 0.3) is 5.91 Å². The highest BCUT2D eigenvalue weighted by molar-refractivity contribution is 6.02. The maximum absolute atomic E-state index is 11.9. The van der Waals surface area contributed by atoms with Gasteiger partial charge in [-0.25, -0.2) is 4.52 Å². The van der Waals surface area contributed by atoms with Gasteiger partial charge in [0.15, 0.2) is 0 Å². The van der Waals surface area contributed by atoms with Crippen LogP contribution in [0.5, 0.6) is 0 Å². The Morgan fingerprint density at radius 2 is 1.93 bits per heavy atom. The number of hydrogen-bond donors (Lipinski definition) is 3. The predicted molar refractivity (Wildman–Crippen MR) is 107 cm³/mol. The number of carbonyl (C=O) groups is 1. The molecule has 8 heteroatoms. The Bertz CT molecular complexity index is 921. The molecule has 1 fully saturated rings. The molecule has 0 atom stereocenters. The Kier molecular flexibility index (Phi) is 5.75. The topological polar surface area (TPSA) is 102 Å². The summed E-state index contributed by atoms with van der Waals surface area (Å²) in [6.45, 7) is 5.93. The van der Waals surface area contributed by atoms with Crippen molar-refractivity contribution in [1.82, 2.24) is 24.7 Å². The Hall–Kier alpha value is -2.87. The molecule has 3 aromatic rings. The lowest BCUT2D eigenvalue weighted by Crippen LogP contribution is -2.36. The third kappa shape index (κ3) is 3.95. The van der Waals surface area contributed by atoms with Crippen molar-refractivity contribution in [1.29, 1.82) is 0 Å². The second-order valence-electron chi connectivity index (χ2n) is 6.43. The van der Waals surface area contributed by atoms with E-state index in [2.05, 4.69) is 20.8 Å². The van der Waals surface area contributed by atoms with Gasteiger partial charge in [-0.1, -0.05) is 13.8 Å². The average molecular weight is 369 g/mol. The lowest BCUT2D eigenvalue weighted by atomic mass is 10.1. The van der Waals surface area contributed by atoms with Gasteiger partial charge >= 0.3 is 0 Å². The van der Waals surface area contributed by atoms with Crippen molar-refractivity contribution in [3.63, 3.8) is 0 Å². The summed E-state index contributed by atoms with van der Waals surface area (Å²) >= 11 is 0. The molecule has 0 spiro atoms. The minimum Gasteiger partial charge on any atom is -0.380 e. The third-order valence-corrected chi connectivity index (χ3v) is 4.63. The quantitative estimate of drug-likeness (QED) is 0.653. The van der Waals surface area contributed by atoms with Crippen molar-refractivity contribution in [2.24, 2.45) is 12.8 Å². The summed E-state index contributed by atoms with van der Waals surface area (Å²) < 4.78 is 3.53. The van der Waals surface area contributed by atoms with Gasteiger partial charge in [-0.2, -0.15) is 10.2 Å². The lowest BCUT2D eigenvalue weighted by Gasteiger charge is -2.25. The fourth-order valence-electron chi connectivity index (χ4n) is 3.29. The number of aromatic nitrogens is 4. The van der Waals surface area contributed by atoms with Crippen molar-refractivity contribution in [2.75, 3.05) is 18.4 Å². The molecule has 3 aromatic heterocycles. The van der Waals surface area contributed by atoms with Gasteiger partial charge in [0, 0.05) is 36.6 Å². The molecule has 0 aliphatic carbocycles. The summed E-state index contributed by atoms with van der Waals surface area (Å²) in [6.07, 6.45) is 9.23. The molecule has 0 unspecified atom stereocenters. The van der Waals surface area contributed by atoms with Crippen LogP contribution in [0, 0.1) is 0 Å². The molecule has 0 saturated carbocycles. The smallest absolute Gasteiger partial charge is 0.252 e. The van der Waals surface area contributed by atoms with Crippen LogP contribution in [0.3, 0.4) is 0 Å². The Labute approximate surface area is 158 Å². The maximum atomic E-state index is 11.9. The molecule has 4 rings (SSSR count). The number of nitrogens with one attached hydrogen (secondary N) is 2. The van der Waals surface area contributed by atoms with Gasteiger partial charge in [0.1, 0.15) is 0 Å². The monoisotopic (exact) mass is 369 g/mol. The van der Waals surface area contributed by atoms with E-state index in [1.807, 2.05) is 45.6 Å². The number of nitrogens with two attached hydrogens (primary N) is 1. The summed E-state index contributed by atoms with van der Waals surface area (Å²) in [5.74, 6) is -0.476. The summed E-state index contributed by atoms with van der Waals surface area (Å²) in [7, 11) is 1.88. The second kappa shape index (κ2) is 8.22. The molecule has 1 amide bonds. The molecule has 0 aromatic carbocycles. The van der Waals surface area contributed by atoms with Crippen LogP contribution in [-0.4, -0.2) is 44.4 Å². The molecule has 0 radical (unpaired) electrons. The Morgan fingerprint density at radius 1 is 1.19 bits per heavy atom. The number of nitrogens with zero attached hydrogens (tertiary/aromatic N) is 4. The molecule has 0 bridgehead atoms. The first kappa shape index (κ1) is 18.9. The van der Waals surface area contributed by atoms with Crippen LogP contribution < -0.4 is 16.4 Å². The largest absolute Gasteiger partial charge is 0.380 e. The first-order chi connectivity index (χ1) is 13.1. The van der Waals surface area contributed by atoms with Crippen molar-refractivity contribution in [2.45, 2.75) is 32.7 Å². The van der Waals surface area contributed by atoms with Gasteiger partial charge < -0.3 is 16.4 Å². The summed E-state index contributed by atoms with van der Waals surface area (Å²) in [5.41, 5.74) is 9.59. The number of carbonyl (C=O) groups excluding carboxylic acids is 1. The van der Waals surface area contributed by atoms with Crippen LogP contribution in [-0.2, 0) is 7.05 Å². The number of hydrogen-bond acceptors (Lipinski definition) is 5. The SMILES string of the molecule is CC.Cn1cc(-c2cc3c(NC4CCNCC4)c(C(N)=O)cnn3c2)cn1. The van der Waals surface area contributed by atoms with Gasteiger partial charge in [0.2, 0.25) is 0 Å². The van der Waals surface area contributed by atoms with E-state index in [9.17, 15) is 4.79 Å². The minimum absolute atomic E-state index is 0.308. The fourth-order valence-corrected chi connectivity index (χ4v) is 3.29. The van der Waals surface area contributed by atoms with Gasteiger partial charge in [0.05, 0.1) is 29.2 Å². The molecule has 144 valence electrons. The molecule has 1 aliphatic rings. The number of rotatable bonds is 4. The molecule has 27 heavy (non-hydrogen) atoms. The average Bonchev–Trinajstić information content (AvgIpc) is 3.30.